The van der Waals surface area contributed by atoms with E-state index in [0.29, 0.717) is 12.1 Å². The zero-order chi connectivity index (χ0) is 13.0. The molecule has 0 fully saturated rings. The van der Waals surface area contributed by atoms with Gasteiger partial charge >= 0.3 is 0 Å². The topological polar surface area (TPSA) is 35.8 Å². The molecule has 0 heterocycles. The second kappa shape index (κ2) is 5.70. The fraction of sp³-hybridized carbons (Fsp3) is 0.133. The van der Waals surface area contributed by atoms with Crippen LogP contribution in [-0.2, 0) is 6.54 Å². The maximum Gasteiger partial charge on any atom is 0.103 e. The zero-order valence-corrected chi connectivity index (χ0v) is 11.7. The monoisotopic (exact) mass is 300 g/mol. The number of hydrogen-bond acceptors (Lipinski definition) is 2. The molecule has 2 aromatic carbocycles. The first kappa shape index (κ1) is 12.7. The van der Waals surface area contributed by atoms with Crippen molar-refractivity contribution in [1.29, 1.82) is 5.26 Å². The van der Waals surface area contributed by atoms with E-state index in [0.717, 1.165) is 10.2 Å². The highest BCUT2D eigenvalue weighted by atomic mass is 79.9. The Morgan fingerprint density at radius 1 is 1.17 bits per heavy atom. The van der Waals surface area contributed by atoms with Gasteiger partial charge < -0.3 is 5.32 Å². The maximum atomic E-state index is 9.11. The van der Waals surface area contributed by atoms with Crippen molar-refractivity contribution in [3.63, 3.8) is 0 Å². The van der Waals surface area contributed by atoms with E-state index >= 15 is 0 Å². The van der Waals surface area contributed by atoms with Crippen molar-refractivity contribution in [2.24, 2.45) is 0 Å². The summed E-state index contributed by atoms with van der Waals surface area (Å²) in [6.45, 7) is 2.78. The molecule has 90 valence electrons. The van der Waals surface area contributed by atoms with Crippen molar-refractivity contribution in [3.8, 4) is 6.07 Å². The van der Waals surface area contributed by atoms with E-state index in [4.69, 9.17) is 5.26 Å². The van der Waals surface area contributed by atoms with E-state index < -0.39 is 0 Å². The summed E-state index contributed by atoms with van der Waals surface area (Å²) in [5.74, 6) is 0. The van der Waals surface area contributed by atoms with Crippen LogP contribution in [0.15, 0.2) is 46.9 Å². The third kappa shape index (κ3) is 2.91. The van der Waals surface area contributed by atoms with Gasteiger partial charge in [0.25, 0.3) is 0 Å². The molecule has 2 aromatic rings. The fourth-order valence-corrected chi connectivity index (χ4v) is 2.14. The summed E-state index contributed by atoms with van der Waals surface area (Å²) in [5.41, 5.74) is 3.94. The molecule has 2 nitrogen and oxygen atoms in total. The normalized spacial score (nSPS) is 9.83. The van der Waals surface area contributed by atoms with E-state index in [-0.39, 0.29) is 0 Å². The summed E-state index contributed by atoms with van der Waals surface area (Å²) in [6.07, 6.45) is 0. The Bertz CT molecular complexity index is 582. The second-order valence-electron chi connectivity index (χ2n) is 4.11. The smallest absolute Gasteiger partial charge is 0.103 e. The standard InChI is InChI=1S/C15H13BrN2/c1-11-5-7-12(8-6-11)10-18-15-4-2-3-14(16)13(15)9-17/h2-8,18H,10H2,1H3. The van der Waals surface area contributed by atoms with Crippen molar-refractivity contribution in [2.75, 3.05) is 5.32 Å². The first-order chi connectivity index (χ1) is 8.70. The summed E-state index contributed by atoms with van der Waals surface area (Å²) in [7, 11) is 0. The lowest BCUT2D eigenvalue weighted by Crippen LogP contribution is -2.01. The van der Waals surface area contributed by atoms with E-state index in [1.54, 1.807) is 0 Å². The van der Waals surface area contributed by atoms with Crippen LogP contribution in [-0.4, -0.2) is 0 Å². The average Bonchev–Trinajstić information content (AvgIpc) is 2.38. The van der Waals surface area contributed by atoms with Crippen molar-refractivity contribution < 1.29 is 0 Å². The van der Waals surface area contributed by atoms with Crippen LogP contribution >= 0.6 is 15.9 Å². The van der Waals surface area contributed by atoms with Gasteiger partial charge in [0.2, 0.25) is 0 Å². The number of nitrogens with one attached hydrogen (secondary N) is 1. The molecular formula is C15H13BrN2. The van der Waals surface area contributed by atoms with E-state index in [1.165, 1.54) is 11.1 Å². The SMILES string of the molecule is Cc1ccc(CNc2cccc(Br)c2C#N)cc1. The highest BCUT2D eigenvalue weighted by molar-refractivity contribution is 9.10. The quantitative estimate of drug-likeness (QED) is 0.920. The number of aryl methyl sites for hydroxylation is 1. The third-order valence-corrected chi connectivity index (χ3v) is 3.39. The number of hydrogen-bond donors (Lipinski definition) is 1. The van der Waals surface area contributed by atoms with Crippen molar-refractivity contribution in [2.45, 2.75) is 13.5 Å². The summed E-state index contributed by atoms with van der Waals surface area (Å²) in [4.78, 5) is 0. The number of nitrogens with zero attached hydrogens (tertiary/aromatic N) is 1. The van der Waals surface area contributed by atoms with Crippen LogP contribution < -0.4 is 5.32 Å². The minimum absolute atomic E-state index is 0.643. The van der Waals surface area contributed by atoms with Gasteiger partial charge in [-0.05, 0) is 40.5 Å². The number of nitriles is 1. The third-order valence-electron chi connectivity index (χ3n) is 2.73. The Labute approximate surface area is 115 Å². The van der Waals surface area contributed by atoms with Gasteiger partial charge in [0.05, 0.1) is 11.3 Å². The van der Waals surface area contributed by atoms with Gasteiger partial charge in [-0.25, -0.2) is 0 Å². The fourth-order valence-electron chi connectivity index (χ4n) is 1.69. The molecule has 0 radical (unpaired) electrons. The Morgan fingerprint density at radius 3 is 2.56 bits per heavy atom. The van der Waals surface area contributed by atoms with Crippen molar-refractivity contribution >= 4 is 21.6 Å². The molecule has 0 saturated heterocycles. The van der Waals surface area contributed by atoms with E-state index in [9.17, 15) is 0 Å². The number of halogens is 1. The van der Waals surface area contributed by atoms with Crippen LogP contribution in [0.25, 0.3) is 0 Å². The molecule has 2 rings (SSSR count). The summed E-state index contributed by atoms with van der Waals surface area (Å²) in [5, 5.41) is 12.4. The molecule has 0 atom stereocenters. The van der Waals surface area contributed by atoms with Gasteiger partial charge in [0.1, 0.15) is 6.07 Å². The first-order valence-electron chi connectivity index (χ1n) is 5.69. The molecule has 0 spiro atoms. The summed E-state index contributed by atoms with van der Waals surface area (Å²) >= 11 is 3.38. The Morgan fingerprint density at radius 2 is 1.89 bits per heavy atom. The number of rotatable bonds is 3. The molecule has 0 aromatic heterocycles. The van der Waals surface area contributed by atoms with Crippen LogP contribution in [0.5, 0.6) is 0 Å². The Hall–Kier alpha value is -1.79. The lowest BCUT2D eigenvalue weighted by atomic mass is 10.1. The molecule has 1 N–H and O–H groups in total. The predicted octanol–water partition coefficient (Wildman–Crippen LogP) is 4.24. The lowest BCUT2D eigenvalue weighted by Gasteiger charge is -2.09. The summed E-state index contributed by atoms with van der Waals surface area (Å²) in [6, 6.07) is 16.3. The van der Waals surface area contributed by atoms with Crippen molar-refractivity contribution in [1.82, 2.24) is 0 Å². The average molecular weight is 301 g/mol. The van der Waals surface area contributed by atoms with E-state index in [1.807, 2.05) is 18.2 Å². The van der Waals surface area contributed by atoms with Gasteiger partial charge in [0.15, 0.2) is 0 Å². The molecule has 0 aliphatic heterocycles. The van der Waals surface area contributed by atoms with Gasteiger partial charge in [0, 0.05) is 11.0 Å². The number of anilines is 1. The zero-order valence-electron chi connectivity index (χ0n) is 10.1. The van der Waals surface area contributed by atoms with Crippen LogP contribution in [0, 0.1) is 18.3 Å². The molecule has 18 heavy (non-hydrogen) atoms. The van der Waals surface area contributed by atoms with Gasteiger partial charge in [-0.1, -0.05) is 35.9 Å². The Kier molecular flexibility index (Phi) is 4.01. The van der Waals surface area contributed by atoms with Crippen LogP contribution in [0.2, 0.25) is 0 Å². The molecular weight excluding hydrogens is 288 g/mol. The molecule has 0 aliphatic carbocycles. The van der Waals surface area contributed by atoms with Crippen molar-refractivity contribution in [3.05, 3.63) is 63.6 Å². The molecule has 0 amide bonds. The van der Waals surface area contributed by atoms with Gasteiger partial charge in [-0.2, -0.15) is 5.26 Å². The molecule has 0 saturated carbocycles. The largest absolute Gasteiger partial charge is 0.380 e. The van der Waals surface area contributed by atoms with Crippen LogP contribution in [0.4, 0.5) is 5.69 Å². The predicted molar refractivity (Wildman–Crippen MR) is 77.4 cm³/mol. The molecule has 0 unspecified atom stereocenters. The molecule has 0 bridgehead atoms. The lowest BCUT2D eigenvalue weighted by molar-refractivity contribution is 1.14. The minimum Gasteiger partial charge on any atom is -0.380 e. The minimum atomic E-state index is 0.643. The Balaban J connectivity index is 2.14. The van der Waals surface area contributed by atoms with Gasteiger partial charge in [-0.15, -0.1) is 0 Å². The highest BCUT2D eigenvalue weighted by Gasteiger charge is 2.05. The van der Waals surface area contributed by atoms with E-state index in [2.05, 4.69) is 58.5 Å². The highest BCUT2D eigenvalue weighted by Crippen LogP contribution is 2.24. The second-order valence-corrected chi connectivity index (χ2v) is 4.97. The van der Waals surface area contributed by atoms with Crippen LogP contribution in [0.3, 0.4) is 0 Å². The molecule has 0 aliphatic rings. The van der Waals surface area contributed by atoms with Gasteiger partial charge in [-0.3, -0.25) is 0 Å². The first-order valence-corrected chi connectivity index (χ1v) is 6.48. The maximum absolute atomic E-state index is 9.11. The summed E-state index contributed by atoms with van der Waals surface area (Å²) < 4.78 is 0.818. The van der Waals surface area contributed by atoms with Crippen LogP contribution in [0.1, 0.15) is 16.7 Å². The molecule has 3 heteroatoms. The number of benzene rings is 2.